The first-order valence-electron chi connectivity index (χ1n) is 6.54. The highest BCUT2D eigenvalue weighted by molar-refractivity contribution is 6.06. The first-order valence-corrected chi connectivity index (χ1v) is 6.54. The topological polar surface area (TPSA) is 123 Å². The molecule has 2 N–H and O–H groups in total. The summed E-state index contributed by atoms with van der Waals surface area (Å²) < 4.78 is 5.32. The second kappa shape index (κ2) is 6.20. The molecule has 0 bridgehead atoms. The monoisotopic (exact) mass is 305 g/mol. The molecule has 0 aliphatic carbocycles. The van der Waals surface area contributed by atoms with Crippen molar-refractivity contribution >= 4 is 17.3 Å². The van der Waals surface area contributed by atoms with Gasteiger partial charge in [0.15, 0.2) is 0 Å². The van der Waals surface area contributed by atoms with Crippen molar-refractivity contribution in [2.24, 2.45) is 0 Å². The Bertz CT molecular complexity index is 725. The quantitative estimate of drug-likeness (QED) is 0.643. The molecule has 0 fully saturated rings. The van der Waals surface area contributed by atoms with Gasteiger partial charge in [-0.25, -0.2) is 4.98 Å². The van der Waals surface area contributed by atoms with Gasteiger partial charge in [0.05, 0.1) is 11.5 Å². The number of anilines is 1. The average molecular weight is 305 g/mol. The number of carbonyl (C=O) groups excluding carboxylic acids is 1. The van der Waals surface area contributed by atoms with Crippen molar-refractivity contribution in [1.82, 2.24) is 15.2 Å². The van der Waals surface area contributed by atoms with Crippen LogP contribution in [-0.4, -0.2) is 32.6 Å². The molecule has 2 heterocycles. The van der Waals surface area contributed by atoms with Crippen LogP contribution in [0.25, 0.3) is 0 Å². The normalized spacial score (nSPS) is 10.3. The number of hydrogen-bond acceptors (Lipinski definition) is 6. The van der Waals surface area contributed by atoms with Gasteiger partial charge in [0.25, 0.3) is 5.91 Å². The lowest BCUT2D eigenvalue weighted by Crippen LogP contribution is -2.15. The number of aryl methyl sites for hydroxylation is 2. The third-order valence-electron chi connectivity index (χ3n) is 2.83. The van der Waals surface area contributed by atoms with Gasteiger partial charge in [0.1, 0.15) is 11.4 Å². The smallest absolute Gasteiger partial charge is 0.322 e. The molecule has 1 amide bonds. The number of carbonyl (C=O) groups is 1. The Morgan fingerprint density at radius 2 is 2.23 bits per heavy atom. The molecular weight excluding hydrogens is 290 g/mol. The van der Waals surface area contributed by atoms with Crippen LogP contribution >= 0.6 is 0 Å². The summed E-state index contributed by atoms with van der Waals surface area (Å²) in [4.78, 5) is 26.7. The molecule has 0 saturated heterocycles. The van der Waals surface area contributed by atoms with E-state index < -0.39 is 10.8 Å². The summed E-state index contributed by atoms with van der Waals surface area (Å²) in [5.41, 5.74) is 0.721. The largest absolute Gasteiger partial charge is 0.476 e. The van der Waals surface area contributed by atoms with Crippen molar-refractivity contribution < 1.29 is 14.5 Å². The highest BCUT2D eigenvalue weighted by Gasteiger charge is 2.27. The molecule has 2 rings (SSSR count). The third kappa shape index (κ3) is 3.03. The van der Waals surface area contributed by atoms with Crippen molar-refractivity contribution in [3.05, 3.63) is 39.3 Å². The fourth-order valence-corrected chi connectivity index (χ4v) is 1.88. The first kappa shape index (κ1) is 15.4. The number of nitro groups is 1. The minimum absolute atomic E-state index is 0.211. The van der Waals surface area contributed by atoms with Crippen molar-refractivity contribution in [2.75, 3.05) is 11.9 Å². The van der Waals surface area contributed by atoms with E-state index in [4.69, 9.17) is 4.74 Å². The fraction of sp³-hybridized carbons (Fsp3) is 0.308. The van der Waals surface area contributed by atoms with Crippen molar-refractivity contribution in [3.63, 3.8) is 0 Å². The molecule has 2 aromatic rings. The number of nitrogens with one attached hydrogen (secondary N) is 2. The Kier molecular flexibility index (Phi) is 4.35. The highest BCUT2D eigenvalue weighted by Crippen LogP contribution is 2.25. The van der Waals surface area contributed by atoms with Gasteiger partial charge in [-0.05, 0) is 32.4 Å². The second-order valence-corrected chi connectivity index (χ2v) is 4.56. The van der Waals surface area contributed by atoms with Gasteiger partial charge in [-0.3, -0.25) is 20.0 Å². The molecule has 2 aromatic heterocycles. The molecule has 0 aromatic carbocycles. The Labute approximate surface area is 125 Å². The summed E-state index contributed by atoms with van der Waals surface area (Å²) in [5, 5.41) is 19.7. The number of rotatable bonds is 5. The lowest BCUT2D eigenvalue weighted by Gasteiger charge is -2.10. The number of hydrogen-bond donors (Lipinski definition) is 2. The summed E-state index contributed by atoms with van der Waals surface area (Å²) in [6, 6.07) is 1.67. The number of aromatic amines is 1. The number of ether oxygens (including phenoxy) is 1. The van der Waals surface area contributed by atoms with E-state index >= 15 is 0 Å². The van der Waals surface area contributed by atoms with E-state index in [1.807, 2.05) is 0 Å². The van der Waals surface area contributed by atoms with Crippen LogP contribution in [0.4, 0.5) is 11.4 Å². The molecule has 0 aliphatic rings. The Hall–Kier alpha value is -2.97. The van der Waals surface area contributed by atoms with Crippen LogP contribution in [0.1, 0.15) is 28.7 Å². The molecule has 0 atom stereocenters. The Morgan fingerprint density at radius 1 is 1.50 bits per heavy atom. The van der Waals surface area contributed by atoms with Gasteiger partial charge in [0, 0.05) is 6.20 Å². The summed E-state index contributed by atoms with van der Waals surface area (Å²) in [7, 11) is 0. The summed E-state index contributed by atoms with van der Waals surface area (Å²) in [6.07, 6.45) is 1.60. The molecule has 0 saturated carbocycles. The van der Waals surface area contributed by atoms with E-state index in [1.165, 1.54) is 6.92 Å². The molecule has 22 heavy (non-hydrogen) atoms. The van der Waals surface area contributed by atoms with E-state index in [2.05, 4.69) is 20.5 Å². The molecule has 9 heteroatoms. The van der Waals surface area contributed by atoms with E-state index in [9.17, 15) is 14.9 Å². The van der Waals surface area contributed by atoms with E-state index in [0.29, 0.717) is 12.3 Å². The van der Waals surface area contributed by atoms with Crippen LogP contribution in [0.2, 0.25) is 0 Å². The molecule has 116 valence electrons. The lowest BCUT2D eigenvalue weighted by molar-refractivity contribution is -0.385. The third-order valence-corrected chi connectivity index (χ3v) is 2.83. The van der Waals surface area contributed by atoms with E-state index in [0.717, 1.165) is 5.56 Å². The Balaban J connectivity index is 2.33. The van der Waals surface area contributed by atoms with Crippen LogP contribution in [0, 0.1) is 24.0 Å². The van der Waals surface area contributed by atoms with Gasteiger partial charge in [0.2, 0.25) is 11.6 Å². The highest BCUT2D eigenvalue weighted by atomic mass is 16.6. The zero-order valence-corrected chi connectivity index (χ0v) is 12.3. The lowest BCUT2D eigenvalue weighted by atomic mass is 10.2. The zero-order valence-electron chi connectivity index (χ0n) is 12.3. The van der Waals surface area contributed by atoms with Crippen molar-refractivity contribution in [1.29, 1.82) is 0 Å². The first-order chi connectivity index (χ1) is 10.4. The van der Waals surface area contributed by atoms with Crippen LogP contribution < -0.4 is 10.1 Å². The number of H-pyrrole nitrogens is 1. The van der Waals surface area contributed by atoms with Gasteiger partial charge in [-0.15, -0.1) is 0 Å². The van der Waals surface area contributed by atoms with Crippen LogP contribution in [0.5, 0.6) is 5.88 Å². The summed E-state index contributed by atoms with van der Waals surface area (Å²) in [6.45, 7) is 5.44. The number of aromatic nitrogens is 3. The molecular formula is C13H15N5O4. The maximum Gasteiger partial charge on any atom is 0.322 e. The molecule has 9 nitrogen and oxygen atoms in total. The average Bonchev–Trinajstić information content (AvgIpc) is 2.84. The van der Waals surface area contributed by atoms with Crippen molar-refractivity contribution in [3.8, 4) is 5.88 Å². The number of amides is 1. The summed E-state index contributed by atoms with van der Waals surface area (Å²) in [5.74, 6) is -0.458. The molecule has 0 unspecified atom stereocenters. The maximum atomic E-state index is 12.2. The molecule has 0 spiro atoms. The molecule has 0 radical (unpaired) electrons. The standard InChI is InChI=1S/C13H15N5O4/c1-4-22-13-9(5-7(2)6-14-13)15-12(19)10-11(18(20)21)8(3)16-17-10/h5-6H,4H2,1-3H3,(H,15,19)(H,16,17). The van der Waals surface area contributed by atoms with Crippen LogP contribution in [-0.2, 0) is 0 Å². The predicted octanol–water partition coefficient (Wildman–Crippen LogP) is 1.98. The maximum absolute atomic E-state index is 12.2. The van der Waals surface area contributed by atoms with Gasteiger partial charge < -0.3 is 10.1 Å². The van der Waals surface area contributed by atoms with E-state index in [-0.39, 0.29) is 23.0 Å². The molecule has 0 aliphatic heterocycles. The SMILES string of the molecule is CCOc1ncc(C)cc1NC(=O)c1n[nH]c(C)c1[N+](=O)[O-]. The minimum atomic E-state index is -0.704. The fourth-order valence-electron chi connectivity index (χ4n) is 1.88. The Morgan fingerprint density at radius 3 is 2.86 bits per heavy atom. The van der Waals surface area contributed by atoms with Crippen molar-refractivity contribution in [2.45, 2.75) is 20.8 Å². The minimum Gasteiger partial charge on any atom is -0.476 e. The van der Waals surface area contributed by atoms with Gasteiger partial charge in [-0.1, -0.05) is 0 Å². The number of pyridine rings is 1. The second-order valence-electron chi connectivity index (χ2n) is 4.56. The van der Waals surface area contributed by atoms with Crippen LogP contribution in [0.3, 0.4) is 0 Å². The van der Waals surface area contributed by atoms with Gasteiger partial charge >= 0.3 is 5.69 Å². The van der Waals surface area contributed by atoms with Gasteiger partial charge in [-0.2, -0.15) is 5.10 Å². The number of nitrogens with zero attached hydrogens (tertiary/aromatic N) is 3. The predicted molar refractivity (Wildman–Crippen MR) is 78.1 cm³/mol. The van der Waals surface area contributed by atoms with E-state index in [1.54, 1.807) is 26.1 Å². The zero-order chi connectivity index (χ0) is 16.3. The van der Waals surface area contributed by atoms with Crippen LogP contribution in [0.15, 0.2) is 12.3 Å². The summed E-state index contributed by atoms with van der Waals surface area (Å²) >= 11 is 0.